The van der Waals surface area contributed by atoms with Crippen molar-refractivity contribution in [3.8, 4) is 23.0 Å². The molecule has 2 amide bonds. The predicted octanol–water partition coefficient (Wildman–Crippen LogP) is 6.60. The maximum Gasteiger partial charge on any atom is 0.333 e. The molecule has 3 aromatic rings. The Morgan fingerprint density at radius 3 is 2.18 bits per heavy atom. The van der Waals surface area contributed by atoms with Gasteiger partial charge >= 0.3 is 11.9 Å². The molecule has 4 heterocycles. The number of hydrogen-bond donors (Lipinski definition) is 6. The Morgan fingerprint density at radius 2 is 1.51 bits per heavy atom. The van der Waals surface area contributed by atoms with E-state index in [2.05, 4.69) is 16.7 Å². The number of nitrogens with one attached hydrogen (secondary N) is 2. The van der Waals surface area contributed by atoms with E-state index >= 15 is 9.59 Å². The molecule has 0 aromatic heterocycles. The predicted molar refractivity (Wildman–Crippen MR) is 302 cm³/mol. The van der Waals surface area contributed by atoms with Gasteiger partial charge in [-0.1, -0.05) is 65.8 Å². The zero-order chi connectivity index (χ0) is 60.1. The Kier molecular flexibility index (Phi) is 17.0. The molecule has 4 aliphatic heterocycles. The summed E-state index contributed by atoms with van der Waals surface area (Å²) in [5.74, 6) is -4.92. The molecule has 3 aliphatic carbocycles. The molecule has 12 atom stereocenters. The van der Waals surface area contributed by atoms with Crippen LogP contribution in [0.25, 0.3) is 6.08 Å². The summed E-state index contributed by atoms with van der Waals surface area (Å²) in [5, 5.41) is 45.8. The van der Waals surface area contributed by atoms with Crippen LogP contribution in [0.5, 0.6) is 23.0 Å². The number of fused-ring (bicyclic) bond motifs is 2. The highest BCUT2D eigenvalue weighted by Crippen LogP contribution is 2.69. The van der Waals surface area contributed by atoms with E-state index in [1.54, 1.807) is 25.2 Å². The van der Waals surface area contributed by atoms with Crippen molar-refractivity contribution in [1.82, 2.24) is 10.6 Å². The maximum absolute atomic E-state index is 16.0. The van der Waals surface area contributed by atoms with Crippen molar-refractivity contribution in [2.45, 2.75) is 173 Å². The third-order valence-corrected chi connectivity index (χ3v) is 16.5. The van der Waals surface area contributed by atoms with Crippen molar-refractivity contribution in [3.63, 3.8) is 0 Å². The SMILES string of the molecule is CC(C)=CCCC1(C)C=Cc2c(c(CC=C(C)C)c3c(c2OC(=O)C(C)NC(=O)c2ccc(O[C@@H]4O[C@H](CO)[C@@H](O)[C@@H](O)[C@H]4O)cc2)C(=O)C2=CC4CC5C(C)(C)OC(C/C=C(/C)C(=O)NC(C)C(=O)OCc6ccccc6)(C4=O)C25O3)O1. The van der Waals surface area contributed by atoms with Crippen LogP contribution in [0, 0.1) is 11.8 Å². The number of Topliss-reactive ketones (excluding diaryl/α,β-unsaturated/α-hetero) is 2. The molecule has 10 rings (SSSR count). The zero-order valence-electron chi connectivity index (χ0n) is 48.4. The second-order valence-electron chi connectivity index (χ2n) is 23.7. The van der Waals surface area contributed by atoms with E-state index < -0.39 is 113 Å². The number of aliphatic hydroxyl groups is 4. The third kappa shape index (κ3) is 11.3. The summed E-state index contributed by atoms with van der Waals surface area (Å²) in [6.45, 7) is 17.4. The fourth-order valence-corrected chi connectivity index (χ4v) is 12.0. The fourth-order valence-electron chi connectivity index (χ4n) is 12.0. The van der Waals surface area contributed by atoms with E-state index in [1.165, 1.54) is 38.1 Å². The van der Waals surface area contributed by atoms with Crippen LogP contribution in [-0.2, 0) is 46.4 Å². The fraction of sp³-hybridized carbons (Fsp3) is 0.469. The summed E-state index contributed by atoms with van der Waals surface area (Å²) in [4.78, 5) is 86.4. The number of rotatable bonds is 19. The van der Waals surface area contributed by atoms with Crippen LogP contribution in [0.15, 0.2) is 107 Å². The maximum atomic E-state index is 16.0. The Hall–Kier alpha value is -7.26. The molecule has 7 aliphatic rings. The van der Waals surface area contributed by atoms with Gasteiger partial charge in [0.1, 0.15) is 71.5 Å². The molecule has 83 heavy (non-hydrogen) atoms. The Morgan fingerprint density at radius 1 is 0.819 bits per heavy atom. The highest BCUT2D eigenvalue weighted by molar-refractivity contribution is 6.19. The molecule has 7 unspecified atom stereocenters. The minimum atomic E-state index is -1.85. The second kappa shape index (κ2) is 23.4. The lowest BCUT2D eigenvalue weighted by atomic mass is 9.51. The van der Waals surface area contributed by atoms with E-state index in [-0.39, 0.29) is 82.5 Å². The summed E-state index contributed by atoms with van der Waals surface area (Å²) in [7, 11) is 0. The van der Waals surface area contributed by atoms with Crippen molar-refractivity contribution in [3.05, 3.63) is 135 Å². The van der Waals surface area contributed by atoms with Crippen LogP contribution in [0.1, 0.15) is 132 Å². The normalized spacial score (nSPS) is 28.6. The minimum Gasteiger partial charge on any atom is -0.482 e. The molecule has 0 radical (unpaired) electrons. The van der Waals surface area contributed by atoms with Crippen LogP contribution in [0.2, 0.25) is 0 Å². The van der Waals surface area contributed by atoms with Crippen LogP contribution in [-0.4, -0.2) is 128 Å². The van der Waals surface area contributed by atoms with Crippen molar-refractivity contribution in [1.29, 1.82) is 0 Å². The summed E-state index contributed by atoms with van der Waals surface area (Å²) in [5.41, 5.74) is -1.70. The number of amides is 2. The number of benzene rings is 3. The number of carbonyl (C=O) groups is 6. The van der Waals surface area contributed by atoms with Gasteiger partial charge in [0.2, 0.25) is 12.2 Å². The molecule has 4 bridgehead atoms. The van der Waals surface area contributed by atoms with Gasteiger partial charge in [-0.15, -0.1) is 0 Å². The molecule has 2 saturated heterocycles. The van der Waals surface area contributed by atoms with Gasteiger partial charge in [0.25, 0.3) is 5.91 Å². The van der Waals surface area contributed by atoms with E-state index in [4.69, 9.17) is 33.2 Å². The number of allylic oxidation sites excluding steroid dienone is 5. The highest BCUT2D eigenvalue weighted by Gasteiger charge is 2.81. The van der Waals surface area contributed by atoms with Gasteiger partial charge in [0.05, 0.1) is 17.8 Å². The van der Waals surface area contributed by atoms with E-state index in [1.807, 2.05) is 91.0 Å². The number of aliphatic hydroxyl groups excluding tert-OH is 4. The van der Waals surface area contributed by atoms with Crippen molar-refractivity contribution >= 4 is 41.4 Å². The van der Waals surface area contributed by atoms with E-state index in [9.17, 15) is 39.6 Å². The Balaban J connectivity index is 1.06. The standard InChI is InChI=1S/C64H74N2O17/c1-33(2)15-14-26-62(10)27-25-43-52(81-62)42(23-18-34(3)4)54-47(53(43)80-59(76)37(7)66-57(74)39-19-21-41(22-20-39)78-60-51(71)50(70)49(69)45(31-67)79-60)48(68)44-29-40-30-46-61(8,9)83-63(55(40)72,64(44,46)82-54)28-24-35(5)56(73)65-36(6)58(75)77-32-38-16-12-11-13-17-38/h11-13,15-22,24-25,27,29,36-37,40,45-46,49-51,60,67,69-71H,14,23,26,28,30-32H2,1-10H3,(H,65,73)(H,66,74)/b35-24-/t36?,37?,40?,45-,46?,49-,50-,51-,60-,62?,63?,64?/m1/s1. The summed E-state index contributed by atoms with van der Waals surface area (Å²) < 4.78 is 44.6. The largest absolute Gasteiger partial charge is 0.482 e. The van der Waals surface area contributed by atoms with Crippen molar-refractivity contribution < 1.29 is 82.4 Å². The van der Waals surface area contributed by atoms with Crippen molar-refractivity contribution in [2.24, 2.45) is 11.8 Å². The molecule has 3 aromatic carbocycles. The smallest absolute Gasteiger partial charge is 0.333 e. The molecule has 1 spiro atoms. The van der Waals surface area contributed by atoms with Gasteiger partial charge < -0.3 is 64.2 Å². The average molecular weight is 1140 g/mol. The van der Waals surface area contributed by atoms with Crippen LogP contribution in [0.4, 0.5) is 0 Å². The van der Waals surface area contributed by atoms with Gasteiger partial charge in [0.15, 0.2) is 28.5 Å². The molecule has 3 fully saturated rings. The molecule has 442 valence electrons. The molecular formula is C64H74N2O17. The number of ether oxygens (including phenoxy) is 7. The lowest BCUT2D eigenvalue weighted by molar-refractivity contribution is -0.277. The van der Waals surface area contributed by atoms with Crippen LogP contribution >= 0.6 is 0 Å². The number of carbonyl (C=O) groups excluding carboxylic acids is 6. The Labute approximate surface area is 482 Å². The number of hydrogen-bond acceptors (Lipinski definition) is 17. The minimum absolute atomic E-state index is 0.0182. The summed E-state index contributed by atoms with van der Waals surface area (Å²) in [6, 6.07) is 12.3. The average Bonchev–Trinajstić information content (AvgIpc) is 1.58. The first-order chi connectivity index (χ1) is 39.2. The first kappa shape index (κ1) is 60.3. The van der Waals surface area contributed by atoms with Gasteiger partial charge in [-0.3, -0.25) is 19.2 Å². The quantitative estimate of drug-likeness (QED) is 0.0319. The number of esters is 2. The third-order valence-electron chi connectivity index (χ3n) is 16.5. The topological polar surface area (TPSA) is 272 Å². The van der Waals surface area contributed by atoms with Gasteiger partial charge in [-0.2, -0.15) is 0 Å². The first-order valence-electron chi connectivity index (χ1n) is 28.1. The summed E-state index contributed by atoms with van der Waals surface area (Å²) in [6.07, 6.45) is 4.80. The van der Waals surface area contributed by atoms with Crippen LogP contribution in [0.3, 0.4) is 0 Å². The lowest BCUT2D eigenvalue weighted by Gasteiger charge is -2.56. The van der Waals surface area contributed by atoms with E-state index in [0.717, 1.165) is 16.7 Å². The lowest BCUT2D eigenvalue weighted by Crippen LogP contribution is -2.72. The second-order valence-corrected chi connectivity index (χ2v) is 23.7. The van der Waals surface area contributed by atoms with Gasteiger partial charge in [0, 0.05) is 40.5 Å². The van der Waals surface area contributed by atoms with E-state index in [0.29, 0.717) is 18.4 Å². The van der Waals surface area contributed by atoms with Gasteiger partial charge in [-0.25, -0.2) is 9.59 Å². The molecular weight excluding hydrogens is 1070 g/mol. The monoisotopic (exact) mass is 1140 g/mol. The molecule has 6 N–H and O–H groups in total. The first-order valence-corrected chi connectivity index (χ1v) is 28.1. The van der Waals surface area contributed by atoms with Crippen molar-refractivity contribution in [2.75, 3.05) is 6.61 Å². The highest BCUT2D eigenvalue weighted by atomic mass is 16.7. The molecule has 19 heteroatoms. The summed E-state index contributed by atoms with van der Waals surface area (Å²) >= 11 is 0. The molecule has 19 nitrogen and oxygen atoms in total. The van der Waals surface area contributed by atoms with Crippen LogP contribution < -0.4 is 29.6 Å². The molecule has 1 saturated carbocycles. The zero-order valence-corrected chi connectivity index (χ0v) is 48.4. The number of ketones is 2. The van der Waals surface area contributed by atoms with Gasteiger partial charge in [-0.05, 0) is 137 Å². The Bertz CT molecular complexity index is 3240.